The summed E-state index contributed by atoms with van der Waals surface area (Å²) in [5.74, 6) is 0.952. The summed E-state index contributed by atoms with van der Waals surface area (Å²) in [6, 6.07) is 8.76. The van der Waals surface area contributed by atoms with Crippen LogP contribution in [0.15, 0.2) is 36.7 Å². The highest BCUT2D eigenvalue weighted by molar-refractivity contribution is 5.94. The second-order valence-electron chi connectivity index (χ2n) is 7.26. The first-order valence-corrected chi connectivity index (χ1v) is 9.42. The topological polar surface area (TPSA) is 59.4 Å². The Hall–Kier alpha value is -2.34. The van der Waals surface area contributed by atoms with Gasteiger partial charge in [-0.3, -0.25) is 9.48 Å². The van der Waals surface area contributed by atoms with Gasteiger partial charge in [-0.05, 0) is 49.9 Å². The zero-order valence-corrected chi connectivity index (χ0v) is 15.2. The zero-order chi connectivity index (χ0) is 17.9. The summed E-state index contributed by atoms with van der Waals surface area (Å²) in [5.41, 5.74) is 1.81. The van der Waals surface area contributed by atoms with Crippen LogP contribution in [0.25, 0.3) is 0 Å². The first-order valence-electron chi connectivity index (χ1n) is 9.42. The van der Waals surface area contributed by atoms with Crippen LogP contribution in [0.3, 0.4) is 0 Å². The Kier molecular flexibility index (Phi) is 4.93. The van der Waals surface area contributed by atoms with Crippen molar-refractivity contribution in [2.75, 3.05) is 20.2 Å². The molecule has 2 aliphatic rings. The minimum atomic E-state index is 0.113. The Morgan fingerprint density at radius 3 is 2.77 bits per heavy atom. The SMILES string of the molecule is COc1ccc(Cn2cc(C(=O)N(CC3CCCN3)C3CC3)cn2)cc1. The van der Waals surface area contributed by atoms with Crippen LogP contribution < -0.4 is 10.1 Å². The fourth-order valence-electron chi connectivity index (χ4n) is 3.58. The Labute approximate surface area is 154 Å². The van der Waals surface area contributed by atoms with E-state index in [0.29, 0.717) is 24.2 Å². The molecule has 0 spiro atoms. The van der Waals surface area contributed by atoms with E-state index in [4.69, 9.17) is 4.74 Å². The van der Waals surface area contributed by atoms with Gasteiger partial charge in [0.2, 0.25) is 0 Å². The molecule has 26 heavy (non-hydrogen) atoms. The van der Waals surface area contributed by atoms with Crippen LogP contribution >= 0.6 is 0 Å². The van der Waals surface area contributed by atoms with Crippen LogP contribution in [0.5, 0.6) is 5.75 Å². The van der Waals surface area contributed by atoms with E-state index in [1.807, 2.05) is 35.1 Å². The van der Waals surface area contributed by atoms with Gasteiger partial charge in [0.15, 0.2) is 0 Å². The standard InChI is InChI=1S/C20H26N4O2/c1-26-19-8-4-15(5-9-19)12-23-13-16(11-22-23)20(25)24(18-6-7-18)14-17-3-2-10-21-17/h4-5,8-9,11,13,17-18,21H,2-3,6-7,10,12,14H2,1H3. The quantitative estimate of drug-likeness (QED) is 0.829. The first-order chi connectivity index (χ1) is 12.7. The maximum Gasteiger partial charge on any atom is 0.257 e. The van der Waals surface area contributed by atoms with Crippen molar-refractivity contribution in [1.29, 1.82) is 0 Å². The third kappa shape index (κ3) is 3.90. The number of benzene rings is 1. The molecular formula is C20H26N4O2. The lowest BCUT2D eigenvalue weighted by molar-refractivity contribution is 0.0728. The van der Waals surface area contributed by atoms with Crippen LogP contribution in [-0.2, 0) is 6.54 Å². The molecule has 6 nitrogen and oxygen atoms in total. The highest BCUT2D eigenvalue weighted by Crippen LogP contribution is 2.29. The number of rotatable bonds is 7. The summed E-state index contributed by atoms with van der Waals surface area (Å²) in [5, 5.41) is 7.89. The Bertz CT molecular complexity index is 745. The number of aromatic nitrogens is 2. The molecule has 0 radical (unpaired) electrons. The number of nitrogens with zero attached hydrogens (tertiary/aromatic N) is 3. The molecule has 1 N–H and O–H groups in total. The fourth-order valence-corrected chi connectivity index (χ4v) is 3.58. The highest BCUT2D eigenvalue weighted by Gasteiger charge is 2.35. The summed E-state index contributed by atoms with van der Waals surface area (Å²) in [6.07, 6.45) is 8.18. The second-order valence-corrected chi connectivity index (χ2v) is 7.26. The Morgan fingerprint density at radius 2 is 2.12 bits per heavy atom. The average Bonchev–Trinajstić information content (AvgIpc) is 3.17. The van der Waals surface area contributed by atoms with Gasteiger partial charge in [0, 0.05) is 24.8 Å². The van der Waals surface area contributed by atoms with E-state index >= 15 is 0 Å². The van der Waals surface area contributed by atoms with Gasteiger partial charge in [-0.1, -0.05) is 12.1 Å². The van der Waals surface area contributed by atoms with Crippen LogP contribution in [0.4, 0.5) is 0 Å². The maximum atomic E-state index is 13.0. The molecule has 1 unspecified atom stereocenters. The molecule has 1 saturated heterocycles. The van der Waals surface area contributed by atoms with Crippen molar-refractivity contribution in [3.05, 3.63) is 47.8 Å². The molecule has 1 amide bonds. The van der Waals surface area contributed by atoms with Crippen molar-refractivity contribution in [3.63, 3.8) is 0 Å². The zero-order valence-electron chi connectivity index (χ0n) is 15.2. The van der Waals surface area contributed by atoms with Gasteiger partial charge in [0.1, 0.15) is 5.75 Å². The van der Waals surface area contributed by atoms with Crippen molar-refractivity contribution in [1.82, 2.24) is 20.0 Å². The summed E-state index contributed by atoms with van der Waals surface area (Å²) >= 11 is 0. The maximum absolute atomic E-state index is 13.0. The van der Waals surface area contributed by atoms with Crippen LogP contribution in [0.1, 0.15) is 41.6 Å². The lowest BCUT2D eigenvalue weighted by atomic mass is 10.2. The molecule has 1 aromatic heterocycles. The minimum Gasteiger partial charge on any atom is -0.497 e. The van der Waals surface area contributed by atoms with Crippen LogP contribution in [-0.4, -0.2) is 52.9 Å². The van der Waals surface area contributed by atoms with Crippen molar-refractivity contribution in [2.45, 2.75) is 44.3 Å². The Morgan fingerprint density at radius 1 is 1.31 bits per heavy atom. The van der Waals surface area contributed by atoms with Gasteiger partial charge in [-0.2, -0.15) is 5.10 Å². The Balaban J connectivity index is 1.42. The van der Waals surface area contributed by atoms with Gasteiger partial charge in [0.25, 0.3) is 5.91 Å². The highest BCUT2D eigenvalue weighted by atomic mass is 16.5. The molecule has 6 heteroatoms. The number of ether oxygens (including phenoxy) is 1. The lowest BCUT2D eigenvalue weighted by Crippen LogP contribution is -2.42. The fraction of sp³-hybridized carbons (Fsp3) is 0.500. The number of hydrogen-bond donors (Lipinski definition) is 1. The smallest absolute Gasteiger partial charge is 0.257 e. The molecule has 138 valence electrons. The molecule has 0 bridgehead atoms. The summed E-state index contributed by atoms with van der Waals surface area (Å²) in [7, 11) is 1.66. The van der Waals surface area contributed by atoms with E-state index in [1.54, 1.807) is 13.3 Å². The summed E-state index contributed by atoms with van der Waals surface area (Å²) in [4.78, 5) is 15.0. The first kappa shape index (κ1) is 17.1. The molecule has 1 atom stereocenters. The third-order valence-electron chi connectivity index (χ3n) is 5.21. The van der Waals surface area contributed by atoms with E-state index in [0.717, 1.165) is 43.7 Å². The largest absolute Gasteiger partial charge is 0.497 e. The van der Waals surface area contributed by atoms with E-state index in [2.05, 4.69) is 15.3 Å². The van der Waals surface area contributed by atoms with E-state index in [9.17, 15) is 4.79 Å². The monoisotopic (exact) mass is 354 g/mol. The van der Waals surface area contributed by atoms with Gasteiger partial charge in [-0.25, -0.2) is 0 Å². The van der Waals surface area contributed by atoms with E-state index in [1.165, 1.54) is 6.42 Å². The van der Waals surface area contributed by atoms with Gasteiger partial charge in [-0.15, -0.1) is 0 Å². The number of carbonyl (C=O) groups is 1. The molecule has 1 aromatic carbocycles. The molecule has 2 heterocycles. The normalized spacial score (nSPS) is 19.5. The van der Waals surface area contributed by atoms with Crippen LogP contribution in [0.2, 0.25) is 0 Å². The van der Waals surface area contributed by atoms with Crippen LogP contribution in [0, 0.1) is 0 Å². The van der Waals surface area contributed by atoms with E-state index < -0.39 is 0 Å². The average molecular weight is 354 g/mol. The van der Waals surface area contributed by atoms with E-state index in [-0.39, 0.29) is 5.91 Å². The second kappa shape index (κ2) is 7.50. The summed E-state index contributed by atoms with van der Waals surface area (Å²) < 4.78 is 7.01. The number of methoxy groups -OCH3 is 1. The van der Waals surface area contributed by atoms with Gasteiger partial charge < -0.3 is 15.0 Å². The molecule has 1 aliphatic heterocycles. The number of nitrogens with one attached hydrogen (secondary N) is 1. The molecule has 2 fully saturated rings. The molecular weight excluding hydrogens is 328 g/mol. The predicted molar refractivity (Wildman–Crippen MR) is 99.4 cm³/mol. The third-order valence-corrected chi connectivity index (χ3v) is 5.21. The summed E-state index contributed by atoms with van der Waals surface area (Å²) in [6.45, 7) is 2.52. The number of carbonyl (C=O) groups excluding carboxylic acids is 1. The van der Waals surface area contributed by atoms with Crippen molar-refractivity contribution >= 4 is 5.91 Å². The van der Waals surface area contributed by atoms with Gasteiger partial charge >= 0.3 is 0 Å². The number of hydrogen-bond acceptors (Lipinski definition) is 4. The molecule has 1 saturated carbocycles. The van der Waals surface area contributed by atoms with Crippen molar-refractivity contribution in [3.8, 4) is 5.75 Å². The molecule has 2 aromatic rings. The predicted octanol–water partition coefficient (Wildman–Crippen LogP) is 2.30. The van der Waals surface area contributed by atoms with Crippen molar-refractivity contribution < 1.29 is 9.53 Å². The lowest BCUT2D eigenvalue weighted by Gasteiger charge is -2.25. The molecule has 1 aliphatic carbocycles. The minimum absolute atomic E-state index is 0.113. The van der Waals surface area contributed by atoms with Gasteiger partial charge in [0.05, 0.1) is 25.4 Å². The van der Waals surface area contributed by atoms with Crippen molar-refractivity contribution in [2.24, 2.45) is 0 Å². The number of amides is 1. The molecule has 4 rings (SSSR count).